The van der Waals surface area contributed by atoms with E-state index in [9.17, 15) is 23.1 Å². The molecule has 1 amide bonds. The number of carbonyl (C=O) groups is 1. The fourth-order valence-electron chi connectivity index (χ4n) is 3.04. The van der Waals surface area contributed by atoms with Crippen LogP contribution in [0.4, 0.5) is 13.2 Å². The Bertz CT molecular complexity index is 745. The van der Waals surface area contributed by atoms with Gasteiger partial charge in [-0.2, -0.15) is 24.5 Å². The molecule has 3 heterocycles. The van der Waals surface area contributed by atoms with Gasteiger partial charge < -0.3 is 10.0 Å². The van der Waals surface area contributed by atoms with Crippen LogP contribution in [0.5, 0.6) is 0 Å². The first-order valence-electron chi connectivity index (χ1n) is 7.75. The summed E-state index contributed by atoms with van der Waals surface area (Å²) in [6.45, 7) is 1.94. The van der Waals surface area contributed by atoms with Crippen molar-refractivity contribution < 1.29 is 23.1 Å². The number of hydrogen-bond acceptors (Lipinski definition) is 5. The van der Waals surface area contributed by atoms with Gasteiger partial charge in [0, 0.05) is 17.6 Å². The lowest BCUT2D eigenvalue weighted by atomic mass is 9.98. The van der Waals surface area contributed by atoms with E-state index in [1.54, 1.807) is 6.92 Å². The van der Waals surface area contributed by atoms with E-state index in [1.807, 2.05) is 16.8 Å². The molecule has 2 aromatic rings. The highest BCUT2D eigenvalue weighted by Gasteiger charge is 2.58. The van der Waals surface area contributed by atoms with Crippen LogP contribution >= 0.6 is 22.7 Å². The second kappa shape index (κ2) is 6.69. The van der Waals surface area contributed by atoms with E-state index in [4.69, 9.17) is 0 Å². The highest BCUT2D eigenvalue weighted by atomic mass is 32.1. The van der Waals surface area contributed by atoms with Crippen LogP contribution in [0.15, 0.2) is 22.2 Å². The van der Waals surface area contributed by atoms with E-state index < -0.39 is 29.1 Å². The van der Waals surface area contributed by atoms with E-state index in [2.05, 4.69) is 4.98 Å². The van der Waals surface area contributed by atoms with Crippen molar-refractivity contribution in [1.29, 1.82) is 0 Å². The molecule has 2 atom stereocenters. The number of aromatic nitrogens is 1. The molecule has 3 rings (SSSR count). The number of thiophene rings is 1. The summed E-state index contributed by atoms with van der Waals surface area (Å²) < 4.78 is 40.7. The van der Waals surface area contributed by atoms with E-state index in [-0.39, 0.29) is 6.04 Å². The molecule has 0 aliphatic carbocycles. The van der Waals surface area contributed by atoms with Crippen molar-refractivity contribution in [3.8, 4) is 0 Å². The molecular weight excluding hydrogens is 373 g/mol. The average molecular weight is 390 g/mol. The van der Waals surface area contributed by atoms with Crippen molar-refractivity contribution in [3.05, 3.63) is 38.5 Å². The third-order valence-electron chi connectivity index (χ3n) is 4.35. The zero-order chi connectivity index (χ0) is 18.2. The molecule has 1 aliphatic rings. The predicted molar refractivity (Wildman–Crippen MR) is 89.4 cm³/mol. The molecule has 25 heavy (non-hydrogen) atoms. The smallest absolute Gasteiger partial charge is 0.374 e. The van der Waals surface area contributed by atoms with Gasteiger partial charge >= 0.3 is 6.18 Å². The van der Waals surface area contributed by atoms with Gasteiger partial charge in [0.05, 0.1) is 12.5 Å². The fraction of sp³-hybridized carbons (Fsp3) is 0.500. The van der Waals surface area contributed by atoms with Crippen LogP contribution in [0.2, 0.25) is 0 Å². The average Bonchev–Trinajstić information content (AvgIpc) is 3.26. The molecule has 0 unspecified atom stereocenters. The first kappa shape index (κ1) is 18.3. The topological polar surface area (TPSA) is 53.4 Å². The molecule has 0 spiro atoms. The molecule has 0 saturated carbocycles. The molecule has 1 saturated heterocycles. The highest BCUT2D eigenvalue weighted by molar-refractivity contribution is 7.09. The zero-order valence-corrected chi connectivity index (χ0v) is 15.0. The van der Waals surface area contributed by atoms with Gasteiger partial charge in [0.2, 0.25) is 11.5 Å². The van der Waals surface area contributed by atoms with Gasteiger partial charge in [0.1, 0.15) is 5.01 Å². The van der Waals surface area contributed by atoms with Gasteiger partial charge in [-0.05, 0) is 42.2 Å². The first-order chi connectivity index (χ1) is 11.7. The number of likely N-dealkylation sites (tertiary alicyclic amines) is 1. The fourth-order valence-corrected chi connectivity index (χ4v) is 4.66. The van der Waals surface area contributed by atoms with Crippen LogP contribution in [0.25, 0.3) is 0 Å². The van der Waals surface area contributed by atoms with Crippen molar-refractivity contribution >= 4 is 28.6 Å². The van der Waals surface area contributed by atoms with Gasteiger partial charge in [-0.25, -0.2) is 4.98 Å². The molecule has 0 aromatic carbocycles. The van der Waals surface area contributed by atoms with Crippen LogP contribution < -0.4 is 0 Å². The summed E-state index contributed by atoms with van der Waals surface area (Å²) in [5.41, 5.74) is -1.95. The first-order valence-corrected chi connectivity index (χ1v) is 9.58. The van der Waals surface area contributed by atoms with E-state index in [0.717, 1.165) is 12.0 Å². The monoisotopic (exact) mass is 390 g/mol. The SMILES string of the molecule is Cc1csc([C@@](O)(CC(=O)N2CCC[C@@H]2c2ccsc2)C(F)(F)F)n1. The van der Waals surface area contributed by atoms with Gasteiger partial charge in [0.25, 0.3) is 0 Å². The molecule has 136 valence electrons. The Hall–Kier alpha value is -1.45. The number of aliphatic hydroxyl groups is 1. The quantitative estimate of drug-likeness (QED) is 0.858. The minimum absolute atomic E-state index is 0.228. The minimum atomic E-state index is -4.98. The molecule has 4 nitrogen and oxygen atoms in total. The summed E-state index contributed by atoms with van der Waals surface area (Å²) in [6.07, 6.45) is -4.59. The lowest BCUT2D eigenvalue weighted by Crippen LogP contribution is -2.47. The van der Waals surface area contributed by atoms with Crippen molar-refractivity contribution in [2.75, 3.05) is 6.54 Å². The Balaban J connectivity index is 1.86. The number of rotatable bonds is 4. The molecule has 1 N–H and O–H groups in total. The van der Waals surface area contributed by atoms with Crippen molar-refractivity contribution in [2.24, 2.45) is 0 Å². The second-order valence-electron chi connectivity index (χ2n) is 6.13. The largest absolute Gasteiger partial charge is 0.424 e. The van der Waals surface area contributed by atoms with E-state index in [0.29, 0.717) is 30.0 Å². The van der Waals surface area contributed by atoms with Crippen LogP contribution in [-0.2, 0) is 10.4 Å². The Morgan fingerprint density at radius 1 is 1.44 bits per heavy atom. The van der Waals surface area contributed by atoms with Crippen molar-refractivity contribution in [1.82, 2.24) is 9.88 Å². The summed E-state index contributed by atoms with van der Waals surface area (Å²) in [5, 5.41) is 15.1. The maximum Gasteiger partial charge on any atom is 0.424 e. The summed E-state index contributed by atoms with van der Waals surface area (Å²) in [6, 6.07) is 1.65. The van der Waals surface area contributed by atoms with E-state index in [1.165, 1.54) is 21.6 Å². The van der Waals surface area contributed by atoms with Crippen molar-refractivity contribution in [3.63, 3.8) is 0 Å². The van der Waals surface area contributed by atoms with Gasteiger partial charge in [-0.15, -0.1) is 11.3 Å². The maximum absolute atomic E-state index is 13.6. The maximum atomic E-state index is 13.6. The number of thiazole rings is 1. The molecule has 1 fully saturated rings. The number of aryl methyl sites for hydroxylation is 1. The standard InChI is InChI=1S/C16H17F3N2O2S2/c1-10-8-25-14(20-10)15(23,16(17,18)19)7-13(22)21-5-2-3-12(21)11-4-6-24-9-11/h4,6,8-9,12,23H,2-3,5,7H2,1H3/t12-,15+/m1/s1. The van der Waals surface area contributed by atoms with Crippen molar-refractivity contribution in [2.45, 2.75) is 44.0 Å². The van der Waals surface area contributed by atoms with Gasteiger partial charge in [0.15, 0.2) is 0 Å². The Morgan fingerprint density at radius 3 is 2.76 bits per heavy atom. The van der Waals surface area contributed by atoms with Crippen LogP contribution in [-0.4, -0.2) is 33.6 Å². The van der Waals surface area contributed by atoms with Crippen LogP contribution in [0.3, 0.4) is 0 Å². The number of hydrogen-bond donors (Lipinski definition) is 1. The third kappa shape index (κ3) is 3.45. The highest BCUT2D eigenvalue weighted by Crippen LogP contribution is 2.44. The summed E-state index contributed by atoms with van der Waals surface area (Å²) in [4.78, 5) is 17.9. The van der Waals surface area contributed by atoms with Gasteiger partial charge in [-0.1, -0.05) is 0 Å². The molecule has 1 aliphatic heterocycles. The molecule has 2 aromatic heterocycles. The minimum Gasteiger partial charge on any atom is -0.374 e. The molecular formula is C16H17F3N2O2S2. The number of carbonyl (C=O) groups excluding carboxylic acids is 1. The van der Waals surface area contributed by atoms with Gasteiger partial charge in [-0.3, -0.25) is 4.79 Å². The number of amides is 1. The lowest BCUT2D eigenvalue weighted by Gasteiger charge is -2.31. The molecule has 0 radical (unpaired) electrons. The normalized spacial score (nSPS) is 20.7. The summed E-state index contributed by atoms with van der Waals surface area (Å²) >= 11 is 2.20. The third-order valence-corrected chi connectivity index (χ3v) is 6.16. The number of alkyl halides is 3. The van der Waals surface area contributed by atoms with Crippen LogP contribution in [0.1, 0.15) is 41.6 Å². The Morgan fingerprint density at radius 2 is 2.20 bits per heavy atom. The second-order valence-corrected chi connectivity index (χ2v) is 7.77. The molecule has 9 heteroatoms. The van der Waals surface area contributed by atoms with Crippen LogP contribution in [0, 0.1) is 6.92 Å². The Labute approximate surface area is 150 Å². The summed E-state index contributed by atoms with van der Waals surface area (Å²) in [5.74, 6) is -0.707. The summed E-state index contributed by atoms with van der Waals surface area (Å²) in [7, 11) is 0. The van der Waals surface area contributed by atoms with E-state index >= 15 is 0 Å². The lowest BCUT2D eigenvalue weighted by molar-refractivity contribution is -0.268. The predicted octanol–water partition coefficient (Wildman–Crippen LogP) is 4.02. The Kier molecular flexibility index (Phi) is 4.91. The zero-order valence-electron chi connectivity index (χ0n) is 13.4. The number of halogens is 3. The molecule has 0 bridgehead atoms. The number of nitrogens with zero attached hydrogens (tertiary/aromatic N) is 2.